The first-order chi connectivity index (χ1) is 9.87. The van der Waals surface area contributed by atoms with Crippen molar-refractivity contribution in [1.29, 1.82) is 0 Å². The van der Waals surface area contributed by atoms with E-state index in [1.54, 1.807) is 7.05 Å². The lowest BCUT2D eigenvalue weighted by atomic mass is 9.99. The van der Waals surface area contributed by atoms with Gasteiger partial charge in [0, 0.05) is 39.3 Å². The van der Waals surface area contributed by atoms with E-state index in [0.29, 0.717) is 13.1 Å². The number of piperidine rings is 1. The van der Waals surface area contributed by atoms with Crippen molar-refractivity contribution >= 4 is 29.9 Å². The van der Waals surface area contributed by atoms with Crippen molar-refractivity contribution in [2.24, 2.45) is 10.9 Å². The maximum atomic E-state index is 12.4. The zero-order chi connectivity index (χ0) is 15.5. The molecule has 0 aromatic rings. The molecule has 2 fully saturated rings. The Kier molecular flexibility index (Phi) is 7.70. The Labute approximate surface area is 147 Å². The summed E-state index contributed by atoms with van der Waals surface area (Å²) in [5, 5.41) is 3.33. The van der Waals surface area contributed by atoms with Crippen LogP contribution in [0.2, 0.25) is 0 Å². The first kappa shape index (κ1) is 19.8. The van der Waals surface area contributed by atoms with E-state index < -0.39 is 12.7 Å². The summed E-state index contributed by atoms with van der Waals surface area (Å²) in [5.74, 6) is 1.58. The number of hydrogen-bond donors (Lipinski definition) is 1. The number of halogens is 4. The molecule has 2 aliphatic heterocycles. The third kappa shape index (κ3) is 6.10. The zero-order valence-corrected chi connectivity index (χ0v) is 15.5. The van der Waals surface area contributed by atoms with Gasteiger partial charge in [-0.3, -0.25) is 9.89 Å². The fourth-order valence-corrected chi connectivity index (χ4v) is 3.05. The second kappa shape index (κ2) is 8.56. The second-order valence-electron chi connectivity index (χ2n) is 6.20. The van der Waals surface area contributed by atoms with E-state index in [1.165, 1.54) is 4.90 Å². The van der Waals surface area contributed by atoms with Crippen molar-refractivity contribution < 1.29 is 13.2 Å². The van der Waals surface area contributed by atoms with Crippen molar-refractivity contribution in [2.75, 3.05) is 39.8 Å². The number of aliphatic imine (C=N–C) groups is 1. The molecule has 0 aromatic carbocycles. The molecule has 2 rings (SSSR count). The number of rotatable bonds is 2. The van der Waals surface area contributed by atoms with Crippen LogP contribution in [0.4, 0.5) is 13.2 Å². The predicted molar refractivity (Wildman–Crippen MR) is 92.8 cm³/mol. The second-order valence-corrected chi connectivity index (χ2v) is 6.20. The molecule has 2 aliphatic rings. The summed E-state index contributed by atoms with van der Waals surface area (Å²) in [4.78, 5) is 7.97. The molecule has 1 atom stereocenters. The van der Waals surface area contributed by atoms with E-state index in [0.717, 1.165) is 44.2 Å². The number of alkyl halides is 3. The SMILES string of the molecule is CN=C(NC1CCN(CC(F)(F)F)C1)N1CCC(C)CC1.I. The topological polar surface area (TPSA) is 30.9 Å². The molecule has 0 aromatic heterocycles. The van der Waals surface area contributed by atoms with E-state index in [-0.39, 0.29) is 30.0 Å². The van der Waals surface area contributed by atoms with Gasteiger partial charge < -0.3 is 10.2 Å². The third-order valence-electron chi connectivity index (χ3n) is 4.30. The maximum absolute atomic E-state index is 12.4. The normalized spacial score (nSPS) is 25.2. The Hall–Kier alpha value is -0.250. The minimum Gasteiger partial charge on any atom is -0.352 e. The molecule has 4 nitrogen and oxygen atoms in total. The quantitative estimate of drug-likeness (QED) is 0.412. The van der Waals surface area contributed by atoms with Gasteiger partial charge in [0.05, 0.1) is 6.54 Å². The van der Waals surface area contributed by atoms with Gasteiger partial charge in [-0.2, -0.15) is 13.2 Å². The fourth-order valence-electron chi connectivity index (χ4n) is 3.05. The Morgan fingerprint density at radius 1 is 1.18 bits per heavy atom. The van der Waals surface area contributed by atoms with Gasteiger partial charge in [0.1, 0.15) is 0 Å². The molecule has 2 heterocycles. The van der Waals surface area contributed by atoms with E-state index in [4.69, 9.17) is 0 Å². The average molecular weight is 434 g/mol. The third-order valence-corrected chi connectivity index (χ3v) is 4.30. The molecule has 1 unspecified atom stereocenters. The molecule has 22 heavy (non-hydrogen) atoms. The summed E-state index contributed by atoms with van der Waals surface area (Å²) in [7, 11) is 1.74. The van der Waals surface area contributed by atoms with Crippen molar-refractivity contribution in [3.05, 3.63) is 0 Å². The molecule has 0 radical (unpaired) electrons. The zero-order valence-electron chi connectivity index (χ0n) is 13.2. The summed E-state index contributed by atoms with van der Waals surface area (Å²) in [6, 6.07) is 0.0606. The first-order valence-electron chi connectivity index (χ1n) is 7.65. The molecule has 1 N–H and O–H groups in total. The summed E-state index contributed by atoms with van der Waals surface area (Å²) in [6.45, 7) is 4.30. The van der Waals surface area contributed by atoms with Gasteiger partial charge in [0.15, 0.2) is 5.96 Å². The van der Waals surface area contributed by atoms with Crippen molar-refractivity contribution in [3.8, 4) is 0 Å². The fraction of sp³-hybridized carbons (Fsp3) is 0.929. The lowest BCUT2D eigenvalue weighted by molar-refractivity contribution is -0.143. The van der Waals surface area contributed by atoms with Crippen LogP contribution in [0.15, 0.2) is 4.99 Å². The molecular weight excluding hydrogens is 408 g/mol. The van der Waals surface area contributed by atoms with Crippen LogP contribution in [0.3, 0.4) is 0 Å². The van der Waals surface area contributed by atoms with Crippen molar-refractivity contribution in [3.63, 3.8) is 0 Å². The van der Waals surface area contributed by atoms with E-state index in [2.05, 4.69) is 22.1 Å². The molecular formula is C14H26F3IN4. The Morgan fingerprint density at radius 2 is 1.82 bits per heavy atom. The van der Waals surface area contributed by atoms with Crippen LogP contribution in [-0.4, -0.2) is 67.7 Å². The summed E-state index contributed by atoms with van der Waals surface area (Å²) in [6.07, 6.45) is -1.09. The van der Waals surface area contributed by atoms with Crippen LogP contribution < -0.4 is 5.32 Å². The van der Waals surface area contributed by atoms with Crippen LogP contribution in [0.25, 0.3) is 0 Å². The van der Waals surface area contributed by atoms with Crippen LogP contribution in [0.1, 0.15) is 26.2 Å². The van der Waals surface area contributed by atoms with Gasteiger partial charge in [0.2, 0.25) is 0 Å². The number of likely N-dealkylation sites (tertiary alicyclic amines) is 2. The van der Waals surface area contributed by atoms with Crippen LogP contribution in [-0.2, 0) is 0 Å². The van der Waals surface area contributed by atoms with Crippen LogP contribution in [0.5, 0.6) is 0 Å². The minimum atomic E-state index is -4.11. The lowest BCUT2D eigenvalue weighted by Gasteiger charge is -2.34. The predicted octanol–water partition coefficient (Wildman–Crippen LogP) is 2.55. The largest absolute Gasteiger partial charge is 0.401 e. The van der Waals surface area contributed by atoms with Gasteiger partial charge in [-0.25, -0.2) is 0 Å². The van der Waals surface area contributed by atoms with Gasteiger partial charge in [-0.1, -0.05) is 6.92 Å². The standard InChI is InChI=1S/C14H25F3N4.HI/c1-11-3-7-21(8-4-11)13(18-2)19-12-5-6-20(9-12)10-14(15,16)17;/h11-12H,3-10H2,1-2H3,(H,18,19);1H. The number of nitrogens with one attached hydrogen (secondary N) is 1. The first-order valence-corrected chi connectivity index (χ1v) is 7.65. The molecule has 0 amide bonds. The Bertz CT molecular complexity index is 368. The smallest absolute Gasteiger partial charge is 0.352 e. The van der Waals surface area contributed by atoms with Crippen molar-refractivity contribution in [2.45, 2.75) is 38.4 Å². The van der Waals surface area contributed by atoms with Gasteiger partial charge in [-0.15, -0.1) is 24.0 Å². The van der Waals surface area contributed by atoms with Gasteiger partial charge in [-0.05, 0) is 25.2 Å². The van der Waals surface area contributed by atoms with Gasteiger partial charge >= 0.3 is 6.18 Å². The molecule has 8 heteroatoms. The Morgan fingerprint density at radius 3 is 2.36 bits per heavy atom. The van der Waals surface area contributed by atoms with Gasteiger partial charge in [0.25, 0.3) is 0 Å². The summed E-state index contributed by atoms with van der Waals surface area (Å²) >= 11 is 0. The number of hydrogen-bond acceptors (Lipinski definition) is 2. The van der Waals surface area contributed by atoms with Crippen molar-refractivity contribution in [1.82, 2.24) is 15.1 Å². The number of nitrogens with zero attached hydrogens (tertiary/aromatic N) is 3. The lowest BCUT2D eigenvalue weighted by Crippen LogP contribution is -2.49. The van der Waals surface area contributed by atoms with E-state index in [1.807, 2.05) is 0 Å². The summed E-state index contributed by atoms with van der Waals surface area (Å²) < 4.78 is 37.2. The monoisotopic (exact) mass is 434 g/mol. The molecule has 0 saturated carbocycles. The minimum absolute atomic E-state index is 0. The highest BCUT2D eigenvalue weighted by molar-refractivity contribution is 14.0. The number of guanidine groups is 1. The molecule has 0 aliphatic carbocycles. The van der Waals surface area contributed by atoms with E-state index >= 15 is 0 Å². The molecule has 130 valence electrons. The highest BCUT2D eigenvalue weighted by Gasteiger charge is 2.34. The maximum Gasteiger partial charge on any atom is 0.401 e. The molecule has 2 saturated heterocycles. The van der Waals surface area contributed by atoms with Crippen LogP contribution in [0, 0.1) is 5.92 Å². The molecule has 0 spiro atoms. The van der Waals surface area contributed by atoms with E-state index in [9.17, 15) is 13.2 Å². The Balaban J connectivity index is 0.00000242. The molecule has 0 bridgehead atoms. The average Bonchev–Trinajstić information content (AvgIpc) is 2.82. The summed E-state index contributed by atoms with van der Waals surface area (Å²) in [5.41, 5.74) is 0. The highest BCUT2D eigenvalue weighted by Crippen LogP contribution is 2.20. The van der Waals surface area contributed by atoms with Crippen LogP contribution >= 0.6 is 24.0 Å². The highest BCUT2D eigenvalue weighted by atomic mass is 127.